The first-order valence-corrected chi connectivity index (χ1v) is 11.0. The zero-order valence-electron chi connectivity index (χ0n) is 19.5. The van der Waals surface area contributed by atoms with E-state index in [0.717, 1.165) is 11.3 Å². The fourth-order valence-corrected chi connectivity index (χ4v) is 3.78. The van der Waals surface area contributed by atoms with Gasteiger partial charge in [0.1, 0.15) is 11.5 Å². The van der Waals surface area contributed by atoms with E-state index in [1.807, 2.05) is 50.2 Å². The molecule has 0 bridgehead atoms. The second-order valence-electron chi connectivity index (χ2n) is 8.71. The summed E-state index contributed by atoms with van der Waals surface area (Å²) in [7, 11) is 3.90. The number of carbonyl (C=O) groups excluding carboxylic acids is 2. The number of nitrogens with zero attached hydrogens (tertiary/aromatic N) is 2. The highest BCUT2D eigenvalue weighted by atomic mass is 16.5. The number of benzene rings is 2. The third-order valence-corrected chi connectivity index (χ3v) is 5.44. The van der Waals surface area contributed by atoms with Crippen LogP contribution in [0.3, 0.4) is 0 Å². The van der Waals surface area contributed by atoms with E-state index < -0.39 is 17.7 Å². The Morgan fingerprint density at radius 1 is 1.06 bits per heavy atom. The van der Waals surface area contributed by atoms with E-state index in [9.17, 15) is 14.7 Å². The number of ether oxygens (including phenoxy) is 1. The third-order valence-electron chi connectivity index (χ3n) is 5.44. The van der Waals surface area contributed by atoms with Gasteiger partial charge in [-0.25, -0.2) is 0 Å². The van der Waals surface area contributed by atoms with Crippen molar-refractivity contribution in [1.82, 2.24) is 4.90 Å². The second-order valence-corrected chi connectivity index (χ2v) is 8.71. The summed E-state index contributed by atoms with van der Waals surface area (Å²) in [5, 5.41) is 11.1. The lowest BCUT2D eigenvalue weighted by Crippen LogP contribution is -2.30. The van der Waals surface area contributed by atoms with E-state index in [4.69, 9.17) is 4.74 Å². The average molecular weight is 437 g/mol. The number of hydrogen-bond acceptors (Lipinski definition) is 5. The summed E-state index contributed by atoms with van der Waals surface area (Å²) in [4.78, 5) is 29.3. The van der Waals surface area contributed by atoms with Gasteiger partial charge in [0.2, 0.25) is 0 Å². The van der Waals surface area contributed by atoms with Crippen molar-refractivity contribution in [3.8, 4) is 5.75 Å². The molecule has 1 aliphatic heterocycles. The zero-order chi connectivity index (χ0) is 23.4. The Labute approximate surface area is 190 Å². The van der Waals surface area contributed by atoms with Crippen molar-refractivity contribution < 1.29 is 19.4 Å². The molecule has 1 unspecified atom stereocenters. The van der Waals surface area contributed by atoms with Gasteiger partial charge in [0.05, 0.1) is 18.2 Å². The molecule has 1 saturated heterocycles. The number of aliphatic hydroxyl groups is 1. The fraction of sp³-hybridized carbons (Fsp3) is 0.385. The largest absolute Gasteiger partial charge is 0.507 e. The highest BCUT2D eigenvalue weighted by Crippen LogP contribution is 2.40. The SMILES string of the molecule is CCCN1C(=O)C(=O)/C(=C(\O)c2ccc(OCC(C)C)cc2)C1c1ccc(N(C)C)cc1. The molecule has 1 fully saturated rings. The Balaban J connectivity index is 2.02. The first kappa shape index (κ1) is 23.4. The number of Topliss-reactive ketones (excluding diaryl/α,β-unsaturated/α-hetero) is 1. The molecule has 0 saturated carbocycles. The van der Waals surface area contributed by atoms with Crippen LogP contribution < -0.4 is 9.64 Å². The number of likely N-dealkylation sites (tertiary alicyclic amines) is 1. The average Bonchev–Trinajstić information content (AvgIpc) is 3.03. The lowest BCUT2D eigenvalue weighted by atomic mass is 9.95. The molecule has 32 heavy (non-hydrogen) atoms. The van der Waals surface area contributed by atoms with Gasteiger partial charge in [-0.15, -0.1) is 0 Å². The van der Waals surface area contributed by atoms with Crippen LogP contribution in [-0.2, 0) is 9.59 Å². The van der Waals surface area contributed by atoms with Crippen LogP contribution in [0.1, 0.15) is 44.4 Å². The van der Waals surface area contributed by atoms with Gasteiger partial charge in [0, 0.05) is 31.9 Å². The Morgan fingerprint density at radius 2 is 1.69 bits per heavy atom. The Bertz CT molecular complexity index is 991. The predicted octanol–water partition coefficient (Wildman–Crippen LogP) is 4.62. The highest BCUT2D eigenvalue weighted by molar-refractivity contribution is 6.46. The minimum Gasteiger partial charge on any atom is -0.507 e. The summed E-state index contributed by atoms with van der Waals surface area (Å²) in [6.45, 7) is 7.13. The van der Waals surface area contributed by atoms with Crippen molar-refractivity contribution in [2.75, 3.05) is 32.1 Å². The van der Waals surface area contributed by atoms with Crippen LogP contribution in [0, 0.1) is 5.92 Å². The van der Waals surface area contributed by atoms with E-state index in [0.29, 0.717) is 36.8 Å². The number of rotatable bonds is 8. The summed E-state index contributed by atoms with van der Waals surface area (Å²) in [6, 6.07) is 14.0. The van der Waals surface area contributed by atoms with Crippen LogP contribution in [-0.4, -0.2) is 48.9 Å². The molecule has 1 aliphatic rings. The second kappa shape index (κ2) is 9.90. The maximum Gasteiger partial charge on any atom is 0.295 e. The molecule has 0 spiro atoms. The smallest absolute Gasteiger partial charge is 0.295 e. The van der Waals surface area contributed by atoms with Gasteiger partial charge < -0.3 is 19.6 Å². The molecular weight excluding hydrogens is 404 g/mol. The molecule has 2 aromatic carbocycles. The van der Waals surface area contributed by atoms with Gasteiger partial charge in [-0.2, -0.15) is 0 Å². The number of amides is 1. The standard InChI is InChI=1S/C26H32N2O4/c1-6-15-28-23(18-7-11-20(12-8-18)27(4)5)22(25(30)26(28)31)24(29)19-9-13-21(14-10-19)32-16-17(2)3/h7-14,17,23,29H,6,15-16H2,1-5H3/b24-22-. The van der Waals surface area contributed by atoms with E-state index in [1.165, 1.54) is 0 Å². The molecule has 6 heteroatoms. The monoisotopic (exact) mass is 436 g/mol. The minimum absolute atomic E-state index is 0.122. The van der Waals surface area contributed by atoms with Crippen molar-refractivity contribution in [1.29, 1.82) is 0 Å². The van der Waals surface area contributed by atoms with Crippen LogP contribution in [0.5, 0.6) is 5.75 Å². The van der Waals surface area contributed by atoms with Crippen LogP contribution in [0.2, 0.25) is 0 Å². The summed E-state index contributed by atoms with van der Waals surface area (Å²) in [5.41, 5.74) is 2.41. The molecular formula is C26H32N2O4. The normalized spacial score (nSPS) is 17.8. The first-order chi connectivity index (χ1) is 15.2. The first-order valence-electron chi connectivity index (χ1n) is 11.0. The maximum atomic E-state index is 13.0. The molecule has 1 amide bonds. The van der Waals surface area contributed by atoms with E-state index in [1.54, 1.807) is 29.2 Å². The van der Waals surface area contributed by atoms with Crippen molar-refractivity contribution >= 4 is 23.1 Å². The van der Waals surface area contributed by atoms with Crippen molar-refractivity contribution in [2.24, 2.45) is 5.92 Å². The topological polar surface area (TPSA) is 70.1 Å². The number of carbonyl (C=O) groups is 2. The fourth-order valence-electron chi connectivity index (χ4n) is 3.78. The van der Waals surface area contributed by atoms with Gasteiger partial charge >= 0.3 is 0 Å². The minimum atomic E-state index is -0.655. The summed E-state index contributed by atoms with van der Waals surface area (Å²) >= 11 is 0. The highest BCUT2D eigenvalue weighted by Gasteiger charge is 2.45. The zero-order valence-corrected chi connectivity index (χ0v) is 19.5. The van der Waals surface area contributed by atoms with Crippen LogP contribution in [0.25, 0.3) is 5.76 Å². The molecule has 1 N–H and O–H groups in total. The van der Waals surface area contributed by atoms with Gasteiger partial charge in [0.15, 0.2) is 0 Å². The molecule has 0 aromatic heterocycles. The van der Waals surface area contributed by atoms with Crippen molar-refractivity contribution in [3.63, 3.8) is 0 Å². The van der Waals surface area contributed by atoms with Gasteiger partial charge in [-0.05, 0) is 54.3 Å². The number of aliphatic hydroxyl groups excluding tert-OH is 1. The predicted molar refractivity (Wildman–Crippen MR) is 127 cm³/mol. The van der Waals surface area contributed by atoms with Crippen molar-refractivity contribution in [3.05, 3.63) is 65.2 Å². The molecule has 2 aromatic rings. The van der Waals surface area contributed by atoms with E-state index >= 15 is 0 Å². The molecule has 1 atom stereocenters. The Kier molecular flexibility index (Phi) is 7.23. The van der Waals surface area contributed by atoms with Gasteiger partial charge in [0.25, 0.3) is 11.7 Å². The number of ketones is 1. The Hall–Kier alpha value is -3.28. The van der Waals surface area contributed by atoms with Crippen LogP contribution in [0.4, 0.5) is 5.69 Å². The number of anilines is 1. The Morgan fingerprint density at radius 3 is 2.22 bits per heavy atom. The van der Waals surface area contributed by atoms with Gasteiger partial charge in [-0.1, -0.05) is 32.9 Å². The molecule has 1 heterocycles. The summed E-state index contributed by atoms with van der Waals surface area (Å²) in [6.07, 6.45) is 0.710. The molecule has 0 radical (unpaired) electrons. The number of hydrogen-bond donors (Lipinski definition) is 1. The van der Waals surface area contributed by atoms with Crippen molar-refractivity contribution in [2.45, 2.75) is 33.2 Å². The summed E-state index contributed by atoms with van der Waals surface area (Å²) in [5.74, 6) is -0.308. The summed E-state index contributed by atoms with van der Waals surface area (Å²) < 4.78 is 5.70. The lowest BCUT2D eigenvalue weighted by Gasteiger charge is -2.25. The molecule has 6 nitrogen and oxygen atoms in total. The molecule has 170 valence electrons. The van der Waals surface area contributed by atoms with E-state index in [2.05, 4.69) is 13.8 Å². The van der Waals surface area contributed by atoms with Crippen LogP contribution >= 0.6 is 0 Å². The quantitative estimate of drug-likeness (QED) is 0.371. The molecule has 0 aliphatic carbocycles. The maximum absolute atomic E-state index is 13.0. The van der Waals surface area contributed by atoms with Gasteiger partial charge in [-0.3, -0.25) is 9.59 Å². The molecule has 3 rings (SSSR count). The van der Waals surface area contributed by atoms with E-state index in [-0.39, 0.29) is 11.3 Å². The third kappa shape index (κ3) is 4.79. The van der Waals surface area contributed by atoms with Crippen LogP contribution in [0.15, 0.2) is 54.1 Å². The lowest BCUT2D eigenvalue weighted by molar-refractivity contribution is -0.139.